The standard InChI is InChI=1S/C17H24N4O3S/c1-14-12-15(2)21(19-14)11-7-10-18-17(22)13-20(3)25(23,24)16-8-5-4-6-9-16/h4-6,8-9,12H,7,10-11,13H2,1-3H3,(H,18,22). The monoisotopic (exact) mass is 364 g/mol. The molecule has 1 aromatic heterocycles. The molecule has 136 valence electrons. The van der Waals surface area contributed by atoms with Crippen molar-refractivity contribution in [3.63, 3.8) is 0 Å². The average Bonchev–Trinajstić information content (AvgIpc) is 2.90. The van der Waals surface area contributed by atoms with Crippen molar-refractivity contribution < 1.29 is 13.2 Å². The SMILES string of the molecule is Cc1cc(C)n(CCCNC(=O)CN(C)S(=O)(=O)c2ccccc2)n1. The van der Waals surface area contributed by atoms with Gasteiger partial charge in [0.1, 0.15) is 0 Å². The van der Waals surface area contributed by atoms with Crippen LogP contribution in [0.4, 0.5) is 0 Å². The van der Waals surface area contributed by atoms with Gasteiger partial charge in [-0.25, -0.2) is 8.42 Å². The molecular formula is C17H24N4O3S. The van der Waals surface area contributed by atoms with Gasteiger partial charge in [0.25, 0.3) is 0 Å². The maximum absolute atomic E-state index is 12.4. The number of aryl methyl sites for hydroxylation is 3. The van der Waals surface area contributed by atoms with Crippen molar-refractivity contribution in [3.8, 4) is 0 Å². The molecule has 2 rings (SSSR count). The zero-order chi connectivity index (χ0) is 18.4. The normalized spacial score (nSPS) is 11.7. The van der Waals surface area contributed by atoms with Crippen LogP contribution < -0.4 is 5.32 Å². The first-order valence-corrected chi connectivity index (χ1v) is 9.54. The summed E-state index contributed by atoms with van der Waals surface area (Å²) in [6.45, 7) is 4.89. The predicted octanol–water partition coefficient (Wildman–Crippen LogP) is 1.33. The number of aromatic nitrogens is 2. The fourth-order valence-corrected chi connectivity index (χ4v) is 3.62. The van der Waals surface area contributed by atoms with Crippen molar-refractivity contribution in [1.29, 1.82) is 0 Å². The summed E-state index contributed by atoms with van der Waals surface area (Å²) >= 11 is 0. The van der Waals surface area contributed by atoms with E-state index < -0.39 is 10.0 Å². The molecule has 0 atom stereocenters. The lowest BCUT2D eigenvalue weighted by Gasteiger charge is -2.16. The molecule has 7 nitrogen and oxygen atoms in total. The average molecular weight is 364 g/mol. The van der Waals surface area contributed by atoms with E-state index in [0.717, 1.165) is 22.1 Å². The number of rotatable bonds is 8. The van der Waals surface area contributed by atoms with Gasteiger partial charge < -0.3 is 5.32 Å². The molecular weight excluding hydrogens is 340 g/mol. The van der Waals surface area contributed by atoms with E-state index in [1.54, 1.807) is 18.2 Å². The second-order valence-corrected chi connectivity index (χ2v) is 7.97. The van der Waals surface area contributed by atoms with Crippen molar-refractivity contribution >= 4 is 15.9 Å². The molecule has 2 aromatic rings. The zero-order valence-electron chi connectivity index (χ0n) is 14.8. The third-order valence-corrected chi connectivity index (χ3v) is 5.61. The van der Waals surface area contributed by atoms with E-state index in [-0.39, 0.29) is 17.3 Å². The Hall–Kier alpha value is -2.19. The Morgan fingerprint density at radius 1 is 1.24 bits per heavy atom. The highest BCUT2D eigenvalue weighted by Gasteiger charge is 2.22. The lowest BCUT2D eigenvalue weighted by atomic mass is 10.4. The Kier molecular flexibility index (Phi) is 6.33. The van der Waals surface area contributed by atoms with Crippen LogP contribution in [-0.4, -0.2) is 48.5 Å². The van der Waals surface area contributed by atoms with Crippen LogP contribution in [0.3, 0.4) is 0 Å². The van der Waals surface area contributed by atoms with Crippen LogP contribution in [0.25, 0.3) is 0 Å². The van der Waals surface area contributed by atoms with Gasteiger partial charge in [-0.15, -0.1) is 0 Å². The van der Waals surface area contributed by atoms with Gasteiger partial charge in [0, 0.05) is 25.8 Å². The highest BCUT2D eigenvalue weighted by Crippen LogP contribution is 2.12. The van der Waals surface area contributed by atoms with Gasteiger partial charge in [0.2, 0.25) is 15.9 Å². The first-order chi connectivity index (χ1) is 11.8. The van der Waals surface area contributed by atoms with Crippen LogP contribution in [0.2, 0.25) is 0 Å². The van der Waals surface area contributed by atoms with E-state index in [1.165, 1.54) is 19.2 Å². The molecule has 1 aromatic carbocycles. The van der Waals surface area contributed by atoms with Gasteiger partial charge >= 0.3 is 0 Å². The second-order valence-electron chi connectivity index (χ2n) is 5.93. The Bertz CT molecular complexity index is 816. The molecule has 0 spiro atoms. The van der Waals surface area contributed by atoms with E-state index in [9.17, 15) is 13.2 Å². The lowest BCUT2D eigenvalue weighted by Crippen LogP contribution is -2.38. The Balaban J connectivity index is 1.79. The van der Waals surface area contributed by atoms with E-state index in [1.807, 2.05) is 24.6 Å². The highest BCUT2D eigenvalue weighted by atomic mass is 32.2. The minimum Gasteiger partial charge on any atom is -0.355 e. The summed E-state index contributed by atoms with van der Waals surface area (Å²) in [5.41, 5.74) is 2.05. The van der Waals surface area contributed by atoms with Crippen molar-refractivity contribution in [2.75, 3.05) is 20.1 Å². The minimum atomic E-state index is -3.65. The van der Waals surface area contributed by atoms with Crippen LogP contribution in [0.1, 0.15) is 17.8 Å². The third kappa shape index (κ3) is 5.14. The molecule has 8 heteroatoms. The van der Waals surface area contributed by atoms with Gasteiger partial charge in [0.15, 0.2) is 0 Å². The van der Waals surface area contributed by atoms with E-state index >= 15 is 0 Å². The summed E-state index contributed by atoms with van der Waals surface area (Å²) in [7, 11) is -2.25. The number of amides is 1. The molecule has 0 aliphatic carbocycles. The van der Waals surface area contributed by atoms with Crippen LogP contribution in [0, 0.1) is 13.8 Å². The lowest BCUT2D eigenvalue weighted by molar-refractivity contribution is -0.121. The molecule has 0 bridgehead atoms. The van der Waals surface area contributed by atoms with Crippen molar-refractivity contribution in [2.24, 2.45) is 0 Å². The number of nitrogens with one attached hydrogen (secondary N) is 1. The van der Waals surface area contributed by atoms with Gasteiger partial charge in [-0.05, 0) is 38.5 Å². The van der Waals surface area contributed by atoms with Crippen molar-refractivity contribution in [2.45, 2.75) is 31.7 Å². The number of nitrogens with zero attached hydrogens (tertiary/aromatic N) is 3. The van der Waals surface area contributed by atoms with Crippen LogP contribution in [-0.2, 0) is 21.4 Å². The number of carbonyl (C=O) groups is 1. The topological polar surface area (TPSA) is 84.3 Å². The van der Waals surface area contributed by atoms with E-state index in [0.29, 0.717) is 13.1 Å². The summed E-state index contributed by atoms with van der Waals surface area (Å²) in [4.78, 5) is 12.1. The van der Waals surface area contributed by atoms with Gasteiger partial charge in [-0.1, -0.05) is 18.2 Å². The smallest absolute Gasteiger partial charge is 0.243 e. The zero-order valence-corrected chi connectivity index (χ0v) is 15.6. The number of carbonyl (C=O) groups excluding carboxylic acids is 1. The summed E-state index contributed by atoms with van der Waals surface area (Å²) < 4.78 is 27.7. The van der Waals surface area contributed by atoms with Crippen molar-refractivity contribution in [3.05, 3.63) is 47.8 Å². The van der Waals surface area contributed by atoms with E-state index in [2.05, 4.69) is 10.4 Å². The van der Waals surface area contributed by atoms with Crippen LogP contribution >= 0.6 is 0 Å². The first kappa shape index (κ1) is 19.1. The summed E-state index contributed by atoms with van der Waals surface area (Å²) in [6.07, 6.45) is 0.725. The van der Waals surface area contributed by atoms with Crippen molar-refractivity contribution in [1.82, 2.24) is 19.4 Å². The number of likely N-dealkylation sites (N-methyl/N-ethyl adjacent to an activating group) is 1. The molecule has 0 saturated carbocycles. The molecule has 0 aliphatic heterocycles. The quantitative estimate of drug-likeness (QED) is 0.716. The molecule has 0 unspecified atom stereocenters. The Morgan fingerprint density at radius 3 is 2.52 bits per heavy atom. The van der Waals surface area contributed by atoms with Gasteiger partial charge in [-0.3, -0.25) is 9.48 Å². The molecule has 0 radical (unpaired) electrons. The third-order valence-electron chi connectivity index (χ3n) is 3.79. The molecule has 25 heavy (non-hydrogen) atoms. The highest BCUT2D eigenvalue weighted by molar-refractivity contribution is 7.89. The predicted molar refractivity (Wildman–Crippen MR) is 95.6 cm³/mol. The summed E-state index contributed by atoms with van der Waals surface area (Å²) in [6, 6.07) is 10.1. The van der Waals surface area contributed by atoms with Gasteiger partial charge in [0.05, 0.1) is 17.1 Å². The maximum Gasteiger partial charge on any atom is 0.243 e. The number of hydrogen-bond donors (Lipinski definition) is 1. The maximum atomic E-state index is 12.4. The minimum absolute atomic E-state index is 0.176. The fourth-order valence-electron chi connectivity index (χ4n) is 2.47. The molecule has 1 heterocycles. The first-order valence-electron chi connectivity index (χ1n) is 8.10. The largest absolute Gasteiger partial charge is 0.355 e. The number of benzene rings is 1. The molecule has 1 amide bonds. The molecule has 1 N–H and O–H groups in total. The summed E-state index contributed by atoms with van der Waals surface area (Å²) in [5.74, 6) is -0.324. The Labute approximate surface area is 148 Å². The summed E-state index contributed by atoms with van der Waals surface area (Å²) in [5, 5.41) is 7.11. The van der Waals surface area contributed by atoms with Crippen LogP contribution in [0.15, 0.2) is 41.3 Å². The fraction of sp³-hybridized carbons (Fsp3) is 0.412. The Morgan fingerprint density at radius 2 is 1.92 bits per heavy atom. The van der Waals surface area contributed by atoms with E-state index in [4.69, 9.17) is 0 Å². The molecule has 0 saturated heterocycles. The number of hydrogen-bond acceptors (Lipinski definition) is 4. The second kappa shape index (κ2) is 8.26. The van der Waals surface area contributed by atoms with Gasteiger partial charge in [-0.2, -0.15) is 9.40 Å². The number of sulfonamides is 1. The molecule has 0 fully saturated rings. The van der Waals surface area contributed by atoms with Crippen LogP contribution in [0.5, 0.6) is 0 Å². The molecule has 0 aliphatic rings.